The van der Waals surface area contributed by atoms with E-state index in [4.69, 9.17) is 0 Å². The van der Waals surface area contributed by atoms with E-state index in [1.807, 2.05) is 12.1 Å². The Hall–Kier alpha value is -1.46. The monoisotopic (exact) mass is 333 g/mol. The molecule has 2 saturated heterocycles. The number of nitrogens with one attached hydrogen (secondary N) is 2. The Bertz CT molecular complexity index is 548. The molecule has 0 spiro atoms. The average Bonchev–Trinajstić information content (AvgIpc) is 2.57. The molecule has 3 unspecified atom stereocenters. The van der Waals surface area contributed by atoms with Crippen LogP contribution in [0.15, 0.2) is 24.3 Å². The van der Waals surface area contributed by atoms with Gasteiger partial charge >= 0.3 is 0 Å². The Kier molecular flexibility index (Phi) is 5.85. The van der Waals surface area contributed by atoms with Crippen molar-refractivity contribution in [2.24, 2.45) is 0 Å². The lowest BCUT2D eigenvalue weighted by molar-refractivity contribution is -0.128. The van der Waals surface area contributed by atoms with E-state index in [0.717, 1.165) is 50.8 Å². The second-order valence-electron chi connectivity index (χ2n) is 7.19. The zero-order chi connectivity index (χ0) is 16.9. The number of rotatable bonds is 4. The average molecular weight is 333 g/mol. The molecular weight excluding hydrogens is 305 g/mol. The molecule has 5 heteroatoms. The summed E-state index contributed by atoms with van der Waals surface area (Å²) in [4.78, 5) is 15.0. The summed E-state index contributed by atoms with van der Waals surface area (Å²) >= 11 is 0. The van der Waals surface area contributed by atoms with Gasteiger partial charge in [0.15, 0.2) is 0 Å². The molecule has 132 valence electrons. The highest BCUT2D eigenvalue weighted by Crippen LogP contribution is 2.21. The van der Waals surface area contributed by atoms with Gasteiger partial charge in [0.25, 0.3) is 0 Å². The van der Waals surface area contributed by atoms with E-state index in [1.54, 1.807) is 0 Å². The molecule has 1 amide bonds. The maximum atomic E-state index is 13.1. The van der Waals surface area contributed by atoms with E-state index < -0.39 is 0 Å². The molecule has 0 saturated carbocycles. The summed E-state index contributed by atoms with van der Waals surface area (Å²) in [6.45, 7) is 4.77. The van der Waals surface area contributed by atoms with Gasteiger partial charge in [-0.2, -0.15) is 0 Å². The normalized spacial score (nSPS) is 28.5. The molecule has 4 nitrogen and oxygen atoms in total. The van der Waals surface area contributed by atoms with Crippen LogP contribution in [0.1, 0.15) is 44.6 Å². The third-order valence-electron chi connectivity index (χ3n) is 5.19. The van der Waals surface area contributed by atoms with Gasteiger partial charge in [-0.3, -0.25) is 9.69 Å². The minimum absolute atomic E-state index is 0.0611. The second kappa shape index (κ2) is 8.08. The Morgan fingerprint density at radius 2 is 2.08 bits per heavy atom. The fourth-order valence-corrected chi connectivity index (χ4v) is 3.86. The number of carbonyl (C=O) groups is 1. The van der Waals surface area contributed by atoms with Crippen LogP contribution < -0.4 is 10.6 Å². The van der Waals surface area contributed by atoms with Crippen molar-refractivity contribution in [1.29, 1.82) is 0 Å². The van der Waals surface area contributed by atoms with Crippen LogP contribution >= 0.6 is 0 Å². The fraction of sp³-hybridized carbons (Fsp3) is 0.632. The Labute approximate surface area is 143 Å². The molecule has 2 aliphatic rings. The summed E-state index contributed by atoms with van der Waals surface area (Å²) in [6.07, 6.45) is 5.13. The van der Waals surface area contributed by atoms with Crippen LogP contribution in [0.25, 0.3) is 0 Å². The summed E-state index contributed by atoms with van der Waals surface area (Å²) in [5.41, 5.74) is 1.06. The van der Waals surface area contributed by atoms with Crippen molar-refractivity contribution in [3.8, 4) is 0 Å². The van der Waals surface area contributed by atoms with Gasteiger partial charge in [0.1, 0.15) is 5.82 Å². The summed E-state index contributed by atoms with van der Waals surface area (Å²) < 4.78 is 13.1. The first-order valence-electron chi connectivity index (χ1n) is 9.14. The van der Waals surface area contributed by atoms with E-state index in [1.165, 1.54) is 12.1 Å². The van der Waals surface area contributed by atoms with Crippen LogP contribution in [0.4, 0.5) is 4.39 Å². The third-order valence-corrected chi connectivity index (χ3v) is 5.19. The van der Waals surface area contributed by atoms with Gasteiger partial charge in [-0.15, -0.1) is 0 Å². The predicted molar refractivity (Wildman–Crippen MR) is 93.1 cm³/mol. The van der Waals surface area contributed by atoms with Crippen LogP contribution in [0.3, 0.4) is 0 Å². The van der Waals surface area contributed by atoms with E-state index in [-0.39, 0.29) is 23.8 Å². The first kappa shape index (κ1) is 17.4. The van der Waals surface area contributed by atoms with Crippen molar-refractivity contribution in [1.82, 2.24) is 15.5 Å². The van der Waals surface area contributed by atoms with Gasteiger partial charge in [0, 0.05) is 18.6 Å². The smallest absolute Gasteiger partial charge is 0.237 e. The van der Waals surface area contributed by atoms with Crippen LogP contribution in [-0.2, 0) is 11.3 Å². The van der Waals surface area contributed by atoms with Gasteiger partial charge in [-0.25, -0.2) is 4.39 Å². The quantitative estimate of drug-likeness (QED) is 0.889. The molecule has 24 heavy (non-hydrogen) atoms. The second-order valence-corrected chi connectivity index (χ2v) is 7.19. The highest BCUT2D eigenvalue weighted by molar-refractivity contribution is 5.82. The highest BCUT2D eigenvalue weighted by Gasteiger charge is 2.30. The first-order valence-corrected chi connectivity index (χ1v) is 9.14. The van der Waals surface area contributed by atoms with Gasteiger partial charge in [0.2, 0.25) is 5.91 Å². The number of likely N-dealkylation sites (tertiary alicyclic amines) is 1. The molecule has 2 fully saturated rings. The molecule has 1 aromatic carbocycles. The standard InChI is InChI=1S/C19H28FN3O/c1-14-12-17(9-10-21-14)22-19(24)18-4-2-3-11-23(18)13-15-5-7-16(20)8-6-15/h5-8,14,17-18,21H,2-4,9-13H2,1H3,(H,22,24). The zero-order valence-corrected chi connectivity index (χ0v) is 14.4. The van der Waals surface area contributed by atoms with Crippen molar-refractivity contribution in [3.63, 3.8) is 0 Å². The number of hydrogen-bond donors (Lipinski definition) is 2. The molecule has 2 aliphatic heterocycles. The van der Waals surface area contributed by atoms with Crippen molar-refractivity contribution in [2.45, 2.75) is 63.7 Å². The number of nitrogens with zero attached hydrogens (tertiary/aromatic N) is 1. The highest BCUT2D eigenvalue weighted by atomic mass is 19.1. The third kappa shape index (κ3) is 4.54. The molecule has 0 radical (unpaired) electrons. The fourth-order valence-electron chi connectivity index (χ4n) is 3.86. The lowest BCUT2D eigenvalue weighted by Crippen LogP contribution is -2.54. The van der Waals surface area contributed by atoms with E-state index in [9.17, 15) is 9.18 Å². The Morgan fingerprint density at radius 3 is 2.83 bits per heavy atom. The molecule has 1 aromatic rings. The summed E-state index contributed by atoms with van der Waals surface area (Å²) in [5.74, 6) is -0.0531. The van der Waals surface area contributed by atoms with Crippen LogP contribution in [0.2, 0.25) is 0 Å². The SMILES string of the molecule is CC1CC(NC(=O)C2CCCCN2Cc2ccc(F)cc2)CCN1. The molecule has 0 aromatic heterocycles. The lowest BCUT2D eigenvalue weighted by atomic mass is 9.97. The Balaban J connectivity index is 1.60. The van der Waals surface area contributed by atoms with E-state index >= 15 is 0 Å². The van der Waals surface area contributed by atoms with Crippen molar-refractivity contribution >= 4 is 5.91 Å². The number of carbonyl (C=O) groups excluding carboxylic acids is 1. The summed E-state index contributed by atoms with van der Waals surface area (Å²) in [6, 6.07) is 7.29. The molecular formula is C19H28FN3O. The van der Waals surface area contributed by atoms with Crippen molar-refractivity contribution < 1.29 is 9.18 Å². The van der Waals surface area contributed by atoms with Crippen LogP contribution in [0.5, 0.6) is 0 Å². The number of piperidine rings is 2. The molecule has 3 atom stereocenters. The molecule has 0 aliphatic carbocycles. The van der Waals surface area contributed by atoms with E-state index in [0.29, 0.717) is 12.6 Å². The molecule has 3 rings (SSSR count). The predicted octanol–water partition coefficient (Wildman–Crippen LogP) is 2.44. The number of amides is 1. The lowest BCUT2D eigenvalue weighted by Gasteiger charge is -2.36. The van der Waals surface area contributed by atoms with E-state index in [2.05, 4.69) is 22.5 Å². The minimum atomic E-state index is -0.216. The first-order chi connectivity index (χ1) is 11.6. The molecule has 2 heterocycles. The molecule has 2 N–H and O–H groups in total. The number of hydrogen-bond acceptors (Lipinski definition) is 3. The Morgan fingerprint density at radius 1 is 1.29 bits per heavy atom. The maximum Gasteiger partial charge on any atom is 0.237 e. The number of halogens is 1. The van der Waals surface area contributed by atoms with Crippen molar-refractivity contribution in [2.75, 3.05) is 13.1 Å². The van der Waals surface area contributed by atoms with Crippen LogP contribution in [0, 0.1) is 5.82 Å². The van der Waals surface area contributed by atoms with Crippen molar-refractivity contribution in [3.05, 3.63) is 35.6 Å². The van der Waals surface area contributed by atoms with Gasteiger partial charge in [-0.05, 0) is 63.4 Å². The minimum Gasteiger partial charge on any atom is -0.352 e. The van der Waals surface area contributed by atoms with Gasteiger partial charge < -0.3 is 10.6 Å². The summed E-state index contributed by atoms with van der Waals surface area (Å²) in [5, 5.41) is 6.68. The maximum absolute atomic E-state index is 13.1. The molecule has 0 bridgehead atoms. The number of benzene rings is 1. The summed E-state index contributed by atoms with van der Waals surface area (Å²) in [7, 11) is 0. The van der Waals surface area contributed by atoms with Gasteiger partial charge in [-0.1, -0.05) is 18.6 Å². The largest absolute Gasteiger partial charge is 0.352 e. The topological polar surface area (TPSA) is 44.4 Å². The van der Waals surface area contributed by atoms with Gasteiger partial charge in [0.05, 0.1) is 6.04 Å². The van der Waals surface area contributed by atoms with Crippen LogP contribution in [-0.4, -0.2) is 42.0 Å². The zero-order valence-electron chi connectivity index (χ0n) is 14.4.